The van der Waals surface area contributed by atoms with Crippen molar-refractivity contribution in [1.29, 1.82) is 0 Å². The maximum Gasteiger partial charge on any atom is 0.490 e. The van der Waals surface area contributed by atoms with Gasteiger partial charge in [-0.2, -0.15) is 13.2 Å². The van der Waals surface area contributed by atoms with Gasteiger partial charge >= 0.3 is 12.1 Å². The van der Waals surface area contributed by atoms with Crippen molar-refractivity contribution < 1.29 is 32.5 Å². The average Bonchev–Trinajstić information content (AvgIpc) is 2.57. The van der Waals surface area contributed by atoms with E-state index in [9.17, 15) is 13.2 Å². The summed E-state index contributed by atoms with van der Waals surface area (Å²) in [7, 11) is 2.16. The Kier molecular flexibility index (Phi) is 9.18. The van der Waals surface area contributed by atoms with Crippen LogP contribution in [-0.4, -0.2) is 61.6 Å². The maximum atomic E-state index is 10.6. The van der Waals surface area contributed by atoms with Crippen molar-refractivity contribution in [3.05, 3.63) is 28.8 Å². The van der Waals surface area contributed by atoms with E-state index in [-0.39, 0.29) is 0 Å². The maximum absolute atomic E-state index is 10.6. The molecule has 0 spiro atoms. The molecule has 0 aliphatic carbocycles. The molecule has 1 heterocycles. The van der Waals surface area contributed by atoms with Gasteiger partial charge in [0.2, 0.25) is 0 Å². The van der Waals surface area contributed by atoms with Gasteiger partial charge in [0.1, 0.15) is 12.4 Å². The van der Waals surface area contributed by atoms with Gasteiger partial charge in [-0.1, -0.05) is 11.6 Å². The first kappa shape index (κ1) is 22.5. The number of hydrogen-bond acceptors (Lipinski definition) is 4. The number of nitrogens with zero attached hydrogens (tertiary/aromatic N) is 1. The van der Waals surface area contributed by atoms with Crippen molar-refractivity contribution in [2.75, 3.05) is 33.4 Å². The summed E-state index contributed by atoms with van der Waals surface area (Å²) in [5.41, 5.74) is 1.08. The highest BCUT2D eigenvalue weighted by Gasteiger charge is 2.38. The summed E-state index contributed by atoms with van der Waals surface area (Å²) in [5, 5.41) is 7.88. The molecule has 0 radical (unpaired) electrons. The second-order valence-electron chi connectivity index (χ2n) is 5.89. The zero-order chi connectivity index (χ0) is 19.7. The highest BCUT2D eigenvalue weighted by atomic mass is 35.5. The Labute approximate surface area is 155 Å². The molecule has 2 rings (SSSR count). The topological polar surface area (TPSA) is 59.0 Å². The van der Waals surface area contributed by atoms with E-state index in [0.29, 0.717) is 12.6 Å². The normalized spacial score (nSPS) is 15.3. The SMILES string of the molecule is Cc1cc(Cl)ccc1OCCN(C)C1CCOCC1.O=C(O)C(F)(F)F. The number of hydrogen-bond donors (Lipinski definition) is 1. The van der Waals surface area contributed by atoms with Crippen molar-refractivity contribution in [3.63, 3.8) is 0 Å². The Morgan fingerprint density at radius 3 is 2.46 bits per heavy atom. The number of alkyl halides is 3. The van der Waals surface area contributed by atoms with Gasteiger partial charge in [0.05, 0.1) is 0 Å². The van der Waals surface area contributed by atoms with Crippen LogP contribution < -0.4 is 4.74 Å². The van der Waals surface area contributed by atoms with E-state index in [4.69, 9.17) is 31.0 Å². The molecule has 26 heavy (non-hydrogen) atoms. The number of carbonyl (C=O) groups is 1. The lowest BCUT2D eigenvalue weighted by molar-refractivity contribution is -0.192. The quantitative estimate of drug-likeness (QED) is 0.819. The standard InChI is InChI=1S/C15H22ClNO2.C2HF3O2/c1-12-11-13(16)3-4-15(12)19-10-7-17(2)14-5-8-18-9-6-14;3-2(4,5)1(6)7/h3-4,11,14H,5-10H2,1-2H3;(H,6,7). The van der Waals surface area contributed by atoms with Crippen LogP contribution >= 0.6 is 11.6 Å². The summed E-state index contributed by atoms with van der Waals surface area (Å²) in [6.45, 7) is 5.42. The third-order valence-electron chi connectivity index (χ3n) is 3.90. The van der Waals surface area contributed by atoms with E-state index in [1.54, 1.807) is 0 Å². The molecule has 1 aliphatic heterocycles. The summed E-state index contributed by atoms with van der Waals surface area (Å²) in [4.78, 5) is 11.3. The van der Waals surface area contributed by atoms with E-state index < -0.39 is 12.1 Å². The monoisotopic (exact) mass is 397 g/mol. The number of carboxylic acids is 1. The van der Waals surface area contributed by atoms with Gasteiger partial charge in [0, 0.05) is 30.8 Å². The molecule has 1 saturated heterocycles. The molecule has 5 nitrogen and oxygen atoms in total. The largest absolute Gasteiger partial charge is 0.492 e. The Morgan fingerprint density at radius 2 is 1.96 bits per heavy atom. The van der Waals surface area contributed by atoms with Crippen molar-refractivity contribution >= 4 is 17.6 Å². The fourth-order valence-corrected chi connectivity index (χ4v) is 2.61. The molecular formula is C17H23ClF3NO4. The number of carboxylic acid groups (broad SMARTS) is 1. The van der Waals surface area contributed by atoms with Crippen molar-refractivity contribution in [2.24, 2.45) is 0 Å². The Bertz CT molecular complexity index is 578. The summed E-state index contributed by atoms with van der Waals surface area (Å²) in [6.07, 6.45) is -2.84. The highest BCUT2D eigenvalue weighted by molar-refractivity contribution is 6.30. The van der Waals surface area contributed by atoms with Crippen molar-refractivity contribution in [3.8, 4) is 5.75 Å². The van der Waals surface area contributed by atoms with E-state index >= 15 is 0 Å². The fraction of sp³-hybridized carbons (Fsp3) is 0.588. The molecule has 1 aromatic rings. The van der Waals surface area contributed by atoms with Gasteiger partial charge < -0.3 is 14.6 Å². The van der Waals surface area contributed by atoms with Crippen LogP contribution in [-0.2, 0) is 9.53 Å². The first-order valence-corrected chi connectivity index (χ1v) is 8.46. The van der Waals surface area contributed by atoms with E-state index in [0.717, 1.165) is 48.9 Å². The van der Waals surface area contributed by atoms with E-state index in [1.165, 1.54) is 0 Å². The first-order valence-electron chi connectivity index (χ1n) is 8.08. The summed E-state index contributed by atoms with van der Waals surface area (Å²) < 4.78 is 42.9. The zero-order valence-electron chi connectivity index (χ0n) is 14.7. The predicted molar refractivity (Wildman–Crippen MR) is 91.8 cm³/mol. The Hall–Kier alpha value is -1.51. The lowest BCUT2D eigenvalue weighted by Gasteiger charge is -2.31. The minimum Gasteiger partial charge on any atom is -0.492 e. The summed E-state index contributed by atoms with van der Waals surface area (Å²) >= 11 is 5.93. The third-order valence-corrected chi connectivity index (χ3v) is 4.13. The number of rotatable bonds is 5. The fourth-order valence-electron chi connectivity index (χ4n) is 2.38. The Balaban J connectivity index is 0.000000412. The third kappa shape index (κ3) is 8.25. The molecule has 0 saturated carbocycles. The molecule has 148 valence electrons. The molecule has 0 aromatic heterocycles. The molecule has 1 N–H and O–H groups in total. The van der Waals surface area contributed by atoms with Gasteiger partial charge in [-0.05, 0) is 50.6 Å². The van der Waals surface area contributed by atoms with Crippen LogP contribution in [0.4, 0.5) is 13.2 Å². The Morgan fingerprint density at radius 1 is 1.38 bits per heavy atom. The van der Waals surface area contributed by atoms with Crippen LogP contribution in [0.3, 0.4) is 0 Å². The second kappa shape index (κ2) is 10.6. The van der Waals surface area contributed by atoms with Gasteiger partial charge in [-0.25, -0.2) is 4.79 Å². The van der Waals surface area contributed by atoms with Crippen LogP contribution in [0.25, 0.3) is 0 Å². The van der Waals surface area contributed by atoms with Crippen molar-refractivity contribution in [1.82, 2.24) is 4.90 Å². The lowest BCUT2D eigenvalue weighted by Crippen LogP contribution is -2.38. The molecule has 1 aromatic carbocycles. The number of aliphatic carboxylic acids is 1. The minimum absolute atomic E-state index is 0.628. The molecular weight excluding hydrogens is 375 g/mol. The van der Waals surface area contributed by atoms with Gasteiger partial charge in [0.25, 0.3) is 0 Å². The van der Waals surface area contributed by atoms with Gasteiger partial charge in [0.15, 0.2) is 0 Å². The molecule has 9 heteroatoms. The number of benzene rings is 1. The smallest absolute Gasteiger partial charge is 0.490 e. The van der Waals surface area contributed by atoms with Crippen LogP contribution in [0, 0.1) is 6.92 Å². The summed E-state index contributed by atoms with van der Waals surface area (Å²) in [5.74, 6) is -1.84. The number of aryl methyl sites for hydroxylation is 1. The number of halogens is 4. The van der Waals surface area contributed by atoms with Crippen LogP contribution in [0.1, 0.15) is 18.4 Å². The van der Waals surface area contributed by atoms with Gasteiger partial charge in [-0.15, -0.1) is 0 Å². The van der Waals surface area contributed by atoms with Crippen LogP contribution in [0.15, 0.2) is 18.2 Å². The summed E-state index contributed by atoms with van der Waals surface area (Å²) in [6, 6.07) is 6.36. The molecule has 0 unspecified atom stereocenters. The number of ether oxygens (including phenoxy) is 2. The molecule has 1 fully saturated rings. The van der Waals surface area contributed by atoms with E-state index in [2.05, 4.69) is 11.9 Å². The van der Waals surface area contributed by atoms with Gasteiger partial charge in [-0.3, -0.25) is 4.90 Å². The lowest BCUT2D eigenvalue weighted by atomic mass is 10.1. The molecule has 0 bridgehead atoms. The van der Waals surface area contributed by atoms with Crippen LogP contribution in [0.5, 0.6) is 5.75 Å². The average molecular weight is 398 g/mol. The zero-order valence-corrected chi connectivity index (χ0v) is 15.4. The highest BCUT2D eigenvalue weighted by Crippen LogP contribution is 2.22. The second-order valence-corrected chi connectivity index (χ2v) is 6.32. The first-order chi connectivity index (χ1) is 12.1. The number of likely N-dealkylation sites (N-methyl/N-ethyl adjacent to an activating group) is 1. The molecule has 0 atom stereocenters. The molecule has 1 aliphatic rings. The van der Waals surface area contributed by atoms with Crippen LogP contribution in [0.2, 0.25) is 5.02 Å². The van der Waals surface area contributed by atoms with Crippen molar-refractivity contribution in [2.45, 2.75) is 32.0 Å². The molecule has 0 amide bonds. The predicted octanol–water partition coefficient (Wildman–Crippen LogP) is 3.77. The van der Waals surface area contributed by atoms with E-state index in [1.807, 2.05) is 25.1 Å². The minimum atomic E-state index is -5.08.